The van der Waals surface area contributed by atoms with E-state index in [1.54, 1.807) is 41.1 Å². The molecule has 1 heterocycles. The van der Waals surface area contributed by atoms with E-state index in [9.17, 15) is 14.4 Å². The lowest BCUT2D eigenvalue weighted by molar-refractivity contribution is 0.0253. The van der Waals surface area contributed by atoms with Crippen LogP contribution >= 0.6 is 0 Å². The Kier molecular flexibility index (Phi) is 7.05. The fourth-order valence-corrected chi connectivity index (χ4v) is 3.19. The lowest BCUT2D eigenvalue weighted by atomic mass is 9.98. The number of nitrogens with one attached hydrogen (secondary N) is 1. The molecule has 154 valence electrons. The van der Waals surface area contributed by atoms with E-state index in [-0.39, 0.29) is 23.8 Å². The summed E-state index contributed by atoms with van der Waals surface area (Å²) in [7, 11) is 1.73. The van der Waals surface area contributed by atoms with Crippen LogP contribution in [0.25, 0.3) is 0 Å². The highest BCUT2D eigenvalue weighted by Gasteiger charge is 2.27. The molecule has 1 aromatic carbocycles. The Morgan fingerprint density at radius 1 is 1.21 bits per heavy atom. The van der Waals surface area contributed by atoms with E-state index in [2.05, 4.69) is 5.32 Å². The van der Waals surface area contributed by atoms with Crippen molar-refractivity contribution in [1.82, 2.24) is 9.80 Å². The third kappa shape index (κ3) is 6.55. The van der Waals surface area contributed by atoms with E-state index in [1.165, 1.54) is 6.92 Å². The first-order chi connectivity index (χ1) is 13.0. The van der Waals surface area contributed by atoms with Crippen LogP contribution in [0.5, 0.6) is 0 Å². The van der Waals surface area contributed by atoms with Crippen LogP contribution in [0, 0.1) is 5.92 Å². The third-order valence-corrected chi connectivity index (χ3v) is 4.59. The molecule has 0 bridgehead atoms. The molecule has 28 heavy (non-hydrogen) atoms. The molecule has 1 atom stereocenters. The van der Waals surface area contributed by atoms with E-state index in [0.717, 1.165) is 12.8 Å². The van der Waals surface area contributed by atoms with Gasteiger partial charge >= 0.3 is 12.1 Å². The van der Waals surface area contributed by atoms with Crippen molar-refractivity contribution in [3.8, 4) is 0 Å². The predicted octanol–water partition coefficient (Wildman–Crippen LogP) is 4.00. The van der Waals surface area contributed by atoms with Crippen molar-refractivity contribution in [2.24, 2.45) is 5.92 Å². The lowest BCUT2D eigenvalue weighted by Crippen LogP contribution is -2.46. The Bertz CT molecular complexity index is 709. The van der Waals surface area contributed by atoms with Crippen LogP contribution in [0.1, 0.15) is 50.9 Å². The number of Topliss-reactive ketones (excluding diaryl/α,β-unsaturated/α-hetero) is 1. The first kappa shape index (κ1) is 21.7. The molecular weight excluding hydrogens is 358 g/mol. The second-order valence-corrected chi connectivity index (χ2v) is 8.38. The Labute approximate surface area is 167 Å². The van der Waals surface area contributed by atoms with Gasteiger partial charge in [-0.1, -0.05) is 0 Å². The molecule has 0 spiro atoms. The maximum atomic E-state index is 12.6. The molecule has 3 amide bonds. The zero-order valence-corrected chi connectivity index (χ0v) is 17.4. The monoisotopic (exact) mass is 389 g/mol. The Hall–Kier alpha value is -2.57. The zero-order chi connectivity index (χ0) is 20.9. The van der Waals surface area contributed by atoms with Crippen molar-refractivity contribution in [1.29, 1.82) is 0 Å². The molecule has 7 heteroatoms. The van der Waals surface area contributed by atoms with E-state index in [4.69, 9.17) is 4.74 Å². The van der Waals surface area contributed by atoms with Crippen LogP contribution in [-0.4, -0.2) is 60.0 Å². The molecule has 1 aliphatic rings. The normalized spacial score (nSPS) is 17.0. The van der Waals surface area contributed by atoms with Gasteiger partial charge in [0.25, 0.3) is 0 Å². The molecule has 1 N–H and O–H groups in total. The maximum absolute atomic E-state index is 12.6. The van der Waals surface area contributed by atoms with Gasteiger partial charge in [-0.2, -0.15) is 0 Å². The number of benzene rings is 1. The largest absolute Gasteiger partial charge is 0.444 e. The van der Waals surface area contributed by atoms with Gasteiger partial charge in [0, 0.05) is 37.9 Å². The summed E-state index contributed by atoms with van der Waals surface area (Å²) in [4.78, 5) is 39.4. The Balaban J connectivity index is 1.88. The summed E-state index contributed by atoms with van der Waals surface area (Å²) in [5, 5.41) is 2.88. The molecule has 0 radical (unpaired) electrons. The Morgan fingerprint density at radius 3 is 2.43 bits per heavy atom. The van der Waals surface area contributed by atoms with E-state index < -0.39 is 5.60 Å². The minimum absolute atomic E-state index is 0.00847. The molecular formula is C21H31N3O4. The average Bonchev–Trinajstić information content (AvgIpc) is 2.61. The van der Waals surface area contributed by atoms with Gasteiger partial charge in [-0.15, -0.1) is 0 Å². The van der Waals surface area contributed by atoms with Gasteiger partial charge < -0.3 is 19.9 Å². The third-order valence-electron chi connectivity index (χ3n) is 4.59. The average molecular weight is 389 g/mol. The standard InChI is InChI=1S/C21H31N3O4/c1-15(25)17-8-10-18(11-9-17)22-19(26)24-12-6-7-16(14-24)13-23(5)20(27)28-21(2,3)4/h8-11,16H,6-7,12-14H2,1-5H3,(H,22,26). The number of nitrogens with zero attached hydrogens (tertiary/aromatic N) is 2. The zero-order valence-electron chi connectivity index (χ0n) is 17.4. The second-order valence-electron chi connectivity index (χ2n) is 8.38. The van der Waals surface area contributed by atoms with Crippen molar-refractivity contribution in [2.75, 3.05) is 32.0 Å². The Morgan fingerprint density at radius 2 is 1.86 bits per heavy atom. The fraction of sp³-hybridized carbons (Fsp3) is 0.571. The van der Waals surface area contributed by atoms with Gasteiger partial charge in [0.2, 0.25) is 0 Å². The van der Waals surface area contributed by atoms with Gasteiger partial charge in [0.05, 0.1) is 0 Å². The van der Waals surface area contributed by atoms with E-state index in [0.29, 0.717) is 30.9 Å². The molecule has 1 saturated heterocycles. The summed E-state index contributed by atoms with van der Waals surface area (Å²) in [5.74, 6) is 0.197. The van der Waals surface area contributed by atoms with Crippen LogP contribution in [0.4, 0.5) is 15.3 Å². The summed E-state index contributed by atoms with van der Waals surface area (Å²) in [5.41, 5.74) is 0.742. The molecule has 0 aromatic heterocycles. The van der Waals surface area contributed by atoms with Gasteiger partial charge in [-0.3, -0.25) is 4.79 Å². The smallest absolute Gasteiger partial charge is 0.410 e. The highest BCUT2D eigenvalue weighted by Crippen LogP contribution is 2.20. The quantitative estimate of drug-likeness (QED) is 0.790. The predicted molar refractivity (Wildman–Crippen MR) is 109 cm³/mol. The van der Waals surface area contributed by atoms with Crippen LogP contribution in [0.2, 0.25) is 0 Å². The molecule has 1 fully saturated rings. The minimum Gasteiger partial charge on any atom is -0.444 e. The number of ether oxygens (including phenoxy) is 1. The van der Waals surface area contributed by atoms with Crippen molar-refractivity contribution in [2.45, 2.75) is 46.1 Å². The van der Waals surface area contributed by atoms with E-state index >= 15 is 0 Å². The number of anilines is 1. The lowest BCUT2D eigenvalue weighted by Gasteiger charge is -2.35. The van der Waals surface area contributed by atoms with Crippen LogP contribution in [0.3, 0.4) is 0 Å². The summed E-state index contributed by atoms with van der Waals surface area (Å²) < 4.78 is 5.39. The van der Waals surface area contributed by atoms with Gasteiger partial charge in [-0.25, -0.2) is 9.59 Å². The number of carbonyl (C=O) groups excluding carboxylic acids is 3. The molecule has 0 aliphatic carbocycles. The van der Waals surface area contributed by atoms with Crippen molar-refractivity contribution in [3.63, 3.8) is 0 Å². The summed E-state index contributed by atoms with van der Waals surface area (Å²) >= 11 is 0. The SMILES string of the molecule is CC(=O)c1ccc(NC(=O)N2CCCC(CN(C)C(=O)OC(C)(C)C)C2)cc1. The minimum atomic E-state index is -0.526. The molecule has 1 aliphatic heterocycles. The molecule has 2 rings (SSSR count). The van der Waals surface area contributed by atoms with E-state index in [1.807, 2.05) is 20.8 Å². The molecule has 7 nitrogen and oxygen atoms in total. The number of likely N-dealkylation sites (tertiary alicyclic amines) is 1. The summed E-state index contributed by atoms with van der Waals surface area (Å²) in [6, 6.07) is 6.69. The fourth-order valence-electron chi connectivity index (χ4n) is 3.19. The van der Waals surface area contributed by atoms with Gasteiger partial charge in [-0.05, 0) is 70.7 Å². The molecule has 1 unspecified atom stereocenters. The number of rotatable bonds is 4. The number of hydrogen-bond donors (Lipinski definition) is 1. The number of hydrogen-bond acceptors (Lipinski definition) is 4. The summed E-state index contributed by atoms with van der Waals surface area (Å²) in [6.45, 7) is 8.85. The highest BCUT2D eigenvalue weighted by molar-refractivity contribution is 5.95. The highest BCUT2D eigenvalue weighted by atomic mass is 16.6. The molecule has 0 saturated carbocycles. The van der Waals surface area contributed by atoms with Gasteiger partial charge in [0.1, 0.15) is 5.60 Å². The molecule has 1 aromatic rings. The first-order valence-corrected chi connectivity index (χ1v) is 9.66. The van der Waals surface area contributed by atoms with Crippen molar-refractivity contribution >= 4 is 23.6 Å². The number of piperidine rings is 1. The van der Waals surface area contributed by atoms with Crippen molar-refractivity contribution < 1.29 is 19.1 Å². The van der Waals surface area contributed by atoms with Crippen LogP contribution < -0.4 is 5.32 Å². The first-order valence-electron chi connectivity index (χ1n) is 9.66. The summed E-state index contributed by atoms with van der Waals surface area (Å²) in [6.07, 6.45) is 1.51. The van der Waals surface area contributed by atoms with Crippen LogP contribution in [0.15, 0.2) is 24.3 Å². The second kappa shape index (κ2) is 9.08. The van der Waals surface area contributed by atoms with Gasteiger partial charge in [0.15, 0.2) is 5.78 Å². The van der Waals surface area contributed by atoms with Crippen molar-refractivity contribution in [3.05, 3.63) is 29.8 Å². The number of urea groups is 1. The number of ketones is 1. The topological polar surface area (TPSA) is 79.0 Å². The van der Waals surface area contributed by atoms with Crippen LogP contribution in [-0.2, 0) is 4.74 Å². The number of carbonyl (C=O) groups is 3. The number of amides is 3. The maximum Gasteiger partial charge on any atom is 0.410 e.